The van der Waals surface area contributed by atoms with Crippen LogP contribution in [0.5, 0.6) is 34.5 Å². The van der Waals surface area contributed by atoms with Gasteiger partial charge in [0.2, 0.25) is 18.4 Å². The lowest BCUT2D eigenvalue weighted by Crippen LogP contribution is -2.37. The number of methoxy groups -OCH3 is 2. The number of phenols is 1. The van der Waals surface area contributed by atoms with E-state index in [1.165, 1.54) is 14.2 Å². The van der Waals surface area contributed by atoms with Crippen LogP contribution in [0.2, 0.25) is 0 Å². The Balaban J connectivity index is 1.31. The van der Waals surface area contributed by atoms with Gasteiger partial charge in [0.25, 0.3) is 0 Å². The number of hydrogen-bond donors (Lipinski definition) is 4. The SMILES string of the molecule is COc1cc([C@@H]2c3cc4c(cc3[C@@H](Nc3ccccc3OCCCCCCC(=O)NO)[C@H]3COC(=O)[C@H]23)OCO4)cc(OC)c1O. The van der Waals surface area contributed by atoms with E-state index in [4.69, 9.17) is 33.6 Å². The largest absolute Gasteiger partial charge is 0.502 e. The molecule has 3 aromatic carbocycles. The summed E-state index contributed by atoms with van der Waals surface area (Å²) in [6.07, 6.45) is 3.52. The Labute approximate surface area is 266 Å². The zero-order chi connectivity index (χ0) is 32.2. The average molecular weight is 635 g/mol. The Hall–Kier alpha value is -4.84. The van der Waals surface area contributed by atoms with Gasteiger partial charge in [-0.3, -0.25) is 14.8 Å². The highest BCUT2D eigenvalue weighted by atomic mass is 16.7. The van der Waals surface area contributed by atoms with Crippen LogP contribution in [0.25, 0.3) is 0 Å². The predicted octanol–water partition coefficient (Wildman–Crippen LogP) is 5.06. The van der Waals surface area contributed by atoms with Gasteiger partial charge in [-0.25, -0.2) is 5.48 Å². The van der Waals surface area contributed by atoms with Crippen molar-refractivity contribution in [3.63, 3.8) is 0 Å². The Morgan fingerprint density at radius 1 is 0.913 bits per heavy atom. The third-order valence-corrected chi connectivity index (χ3v) is 8.93. The van der Waals surface area contributed by atoms with Crippen molar-refractivity contribution in [2.45, 2.75) is 44.1 Å². The van der Waals surface area contributed by atoms with E-state index in [1.807, 2.05) is 36.4 Å². The van der Waals surface area contributed by atoms with E-state index in [1.54, 1.807) is 17.6 Å². The minimum atomic E-state index is -0.551. The number of carbonyl (C=O) groups is 2. The summed E-state index contributed by atoms with van der Waals surface area (Å²) in [5.74, 6) is 0.315. The quantitative estimate of drug-likeness (QED) is 0.0863. The van der Waals surface area contributed by atoms with E-state index in [2.05, 4.69) is 5.32 Å². The van der Waals surface area contributed by atoms with Gasteiger partial charge in [-0.05, 0) is 65.9 Å². The highest BCUT2D eigenvalue weighted by Gasteiger charge is 2.53. The summed E-state index contributed by atoms with van der Waals surface area (Å²) in [5.41, 5.74) is 4.97. The van der Waals surface area contributed by atoms with E-state index < -0.39 is 11.8 Å². The minimum absolute atomic E-state index is 0.0993. The van der Waals surface area contributed by atoms with Crippen LogP contribution in [-0.2, 0) is 14.3 Å². The lowest BCUT2D eigenvalue weighted by Gasteiger charge is -2.40. The maximum Gasteiger partial charge on any atom is 0.310 e. The summed E-state index contributed by atoms with van der Waals surface area (Å²) in [5, 5.41) is 22.9. The third kappa shape index (κ3) is 6.04. The average Bonchev–Trinajstić information content (AvgIpc) is 3.70. The first-order valence-corrected chi connectivity index (χ1v) is 15.4. The number of esters is 1. The molecule has 2 heterocycles. The number of phenolic OH excluding ortho intramolecular Hbond substituents is 1. The molecule has 244 valence electrons. The van der Waals surface area contributed by atoms with E-state index in [0.29, 0.717) is 30.3 Å². The smallest absolute Gasteiger partial charge is 0.310 e. The zero-order valence-electron chi connectivity index (χ0n) is 25.7. The number of rotatable bonds is 13. The maximum atomic E-state index is 13.5. The molecule has 0 saturated carbocycles. The van der Waals surface area contributed by atoms with Gasteiger partial charge in [0.15, 0.2) is 23.0 Å². The van der Waals surface area contributed by atoms with Gasteiger partial charge < -0.3 is 38.8 Å². The molecule has 12 nitrogen and oxygen atoms in total. The normalized spacial score (nSPS) is 20.7. The summed E-state index contributed by atoms with van der Waals surface area (Å²) in [7, 11) is 2.94. The van der Waals surface area contributed by atoms with Crippen molar-refractivity contribution in [3.05, 3.63) is 65.2 Å². The Morgan fingerprint density at radius 2 is 1.61 bits per heavy atom. The molecule has 3 aliphatic rings. The fourth-order valence-electron chi connectivity index (χ4n) is 6.70. The van der Waals surface area contributed by atoms with Gasteiger partial charge in [0.1, 0.15) is 5.75 Å². The molecule has 1 amide bonds. The van der Waals surface area contributed by atoms with Crippen molar-refractivity contribution >= 4 is 17.6 Å². The lowest BCUT2D eigenvalue weighted by molar-refractivity contribution is -0.141. The van der Waals surface area contributed by atoms with Gasteiger partial charge in [0.05, 0.1) is 45.1 Å². The summed E-state index contributed by atoms with van der Waals surface area (Å²) in [6, 6.07) is 14.7. The minimum Gasteiger partial charge on any atom is -0.502 e. The number of benzene rings is 3. The lowest BCUT2D eigenvalue weighted by atomic mass is 9.65. The van der Waals surface area contributed by atoms with E-state index in [9.17, 15) is 14.7 Å². The standard InChI is InChI=1S/C34H38N2O10/c1-41-27-13-19(14-28(42-2)33(27)38)30-20-15-25-26(46-18-45-25)16-21(20)32(22-17-44-34(39)31(22)30)35-23-9-6-7-10-24(23)43-12-8-4-3-5-11-29(37)36-40/h6-7,9-10,13-16,22,30-32,35,38,40H,3-5,8,11-12,17-18H2,1-2H3,(H,36,37)/t22-,30+,31-,32+/m0/s1. The zero-order valence-corrected chi connectivity index (χ0v) is 25.7. The van der Waals surface area contributed by atoms with Gasteiger partial charge in [-0.15, -0.1) is 0 Å². The fraction of sp³-hybridized carbons (Fsp3) is 0.412. The number of anilines is 1. The molecule has 0 spiro atoms. The first kappa shape index (κ1) is 31.2. The van der Waals surface area contributed by atoms with Crippen LogP contribution in [0.4, 0.5) is 5.69 Å². The highest BCUT2D eigenvalue weighted by molar-refractivity contribution is 5.79. The molecule has 1 saturated heterocycles. The van der Waals surface area contributed by atoms with Crippen molar-refractivity contribution in [1.29, 1.82) is 0 Å². The van der Waals surface area contributed by atoms with Gasteiger partial charge >= 0.3 is 5.97 Å². The molecule has 46 heavy (non-hydrogen) atoms. The van der Waals surface area contributed by atoms with Crippen LogP contribution in [0.3, 0.4) is 0 Å². The molecule has 12 heteroatoms. The summed E-state index contributed by atoms with van der Waals surface area (Å²) < 4.78 is 34.4. The molecule has 6 rings (SSSR count). The van der Waals surface area contributed by atoms with E-state index in [-0.39, 0.29) is 60.9 Å². The number of amides is 1. The molecule has 3 aromatic rings. The maximum absolute atomic E-state index is 13.5. The number of ether oxygens (including phenoxy) is 6. The first-order chi connectivity index (χ1) is 22.4. The number of carbonyl (C=O) groups excluding carboxylic acids is 2. The van der Waals surface area contributed by atoms with Crippen molar-refractivity contribution < 1.29 is 48.3 Å². The number of aromatic hydroxyl groups is 1. The third-order valence-electron chi connectivity index (χ3n) is 8.93. The predicted molar refractivity (Wildman–Crippen MR) is 165 cm³/mol. The van der Waals surface area contributed by atoms with Crippen molar-refractivity contribution in [1.82, 2.24) is 5.48 Å². The Morgan fingerprint density at radius 3 is 2.33 bits per heavy atom. The topological polar surface area (TPSA) is 154 Å². The van der Waals surface area contributed by atoms with Crippen LogP contribution < -0.4 is 34.5 Å². The number of para-hydroxylation sites is 2. The number of hydrogen-bond acceptors (Lipinski definition) is 11. The highest BCUT2D eigenvalue weighted by Crippen LogP contribution is 2.56. The fourth-order valence-corrected chi connectivity index (χ4v) is 6.70. The second-order valence-corrected chi connectivity index (χ2v) is 11.6. The van der Waals surface area contributed by atoms with Crippen LogP contribution in [0.1, 0.15) is 60.8 Å². The number of unbranched alkanes of at least 4 members (excludes halogenated alkanes) is 3. The molecule has 1 aliphatic carbocycles. The van der Waals surface area contributed by atoms with Crippen molar-refractivity contribution in [2.24, 2.45) is 11.8 Å². The summed E-state index contributed by atoms with van der Waals surface area (Å²) in [6.45, 7) is 0.808. The van der Waals surface area contributed by atoms with Gasteiger partial charge in [0, 0.05) is 18.3 Å². The van der Waals surface area contributed by atoms with E-state index >= 15 is 0 Å². The Kier molecular flexibility index (Phi) is 9.25. The molecule has 0 unspecified atom stereocenters. The van der Waals surface area contributed by atoms with E-state index in [0.717, 1.165) is 41.6 Å². The monoisotopic (exact) mass is 634 g/mol. The van der Waals surface area contributed by atoms with Crippen LogP contribution in [-0.4, -0.2) is 56.4 Å². The number of nitrogens with one attached hydrogen (secondary N) is 2. The molecule has 0 bridgehead atoms. The van der Waals surface area contributed by atoms with Crippen molar-refractivity contribution in [2.75, 3.05) is 39.5 Å². The first-order valence-electron chi connectivity index (χ1n) is 15.4. The van der Waals surface area contributed by atoms with Crippen LogP contribution in [0.15, 0.2) is 48.5 Å². The number of fused-ring (bicyclic) bond motifs is 3. The molecule has 1 fully saturated rings. The van der Waals surface area contributed by atoms with Crippen LogP contribution in [0, 0.1) is 11.8 Å². The molecule has 0 radical (unpaired) electrons. The molecule has 4 atom stereocenters. The molecule has 0 aromatic heterocycles. The summed E-state index contributed by atoms with van der Waals surface area (Å²) >= 11 is 0. The molecular formula is C34H38N2O10. The van der Waals surface area contributed by atoms with Crippen molar-refractivity contribution in [3.8, 4) is 34.5 Å². The molecule has 4 N–H and O–H groups in total. The molecular weight excluding hydrogens is 596 g/mol. The number of cyclic esters (lactones) is 1. The second-order valence-electron chi connectivity index (χ2n) is 11.6. The molecule has 2 aliphatic heterocycles. The van der Waals surface area contributed by atoms with Gasteiger partial charge in [-0.1, -0.05) is 25.0 Å². The second kappa shape index (κ2) is 13.7. The van der Waals surface area contributed by atoms with Gasteiger partial charge in [-0.2, -0.15) is 0 Å². The van der Waals surface area contributed by atoms with Crippen LogP contribution >= 0.6 is 0 Å². The number of hydroxylamine groups is 1. The Bertz CT molecular complexity index is 1570. The summed E-state index contributed by atoms with van der Waals surface area (Å²) in [4.78, 5) is 24.7.